The van der Waals surface area contributed by atoms with Crippen molar-refractivity contribution < 1.29 is 0 Å². The highest BCUT2D eigenvalue weighted by Gasteiger charge is 2.23. The summed E-state index contributed by atoms with van der Waals surface area (Å²) in [5, 5.41) is 4.44. The van der Waals surface area contributed by atoms with Crippen LogP contribution >= 0.6 is 0 Å². The van der Waals surface area contributed by atoms with Gasteiger partial charge in [-0.05, 0) is 38.8 Å². The predicted octanol–water partition coefficient (Wildman–Crippen LogP) is 2.72. The molecule has 1 aromatic carbocycles. The molecule has 5 heteroatoms. The van der Waals surface area contributed by atoms with Crippen molar-refractivity contribution >= 4 is 11.4 Å². The summed E-state index contributed by atoms with van der Waals surface area (Å²) in [5.74, 6) is 0.674. The lowest BCUT2D eigenvalue weighted by molar-refractivity contribution is 0.469. The van der Waals surface area contributed by atoms with E-state index < -0.39 is 0 Å². The molecule has 1 aromatic heterocycles. The van der Waals surface area contributed by atoms with E-state index in [1.54, 1.807) is 17.7 Å². The molecule has 21 heavy (non-hydrogen) atoms. The summed E-state index contributed by atoms with van der Waals surface area (Å²) >= 11 is 0. The highest BCUT2D eigenvalue weighted by molar-refractivity contribution is 5.98. The molecule has 1 unspecified atom stereocenters. The van der Waals surface area contributed by atoms with E-state index in [4.69, 9.17) is 0 Å². The Morgan fingerprint density at radius 2 is 2.10 bits per heavy atom. The van der Waals surface area contributed by atoms with Crippen LogP contribution in [0.4, 0.5) is 5.69 Å². The Kier molecular flexibility index (Phi) is 3.56. The quantitative estimate of drug-likeness (QED) is 0.862. The van der Waals surface area contributed by atoms with Gasteiger partial charge in [0.25, 0.3) is 5.56 Å². The number of anilines is 1. The Balaban J connectivity index is 1.98. The highest BCUT2D eigenvalue weighted by Crippen LogP contribution is 2.21. The summed E-state index contributed by atoms with van der Waals surface area (Å²) in [6, 6.07) is 9.92. The zero-order valence-corrected chi connectivity index (χ0v) is 12.2. The molecule has 2 heterocycles. The van der Waals surface area contributed by atoms with E-state index in [0.29, 0.717) is 11.4 Å². The molecule has 1 atom stereocenters. The van der Waals surface area contributed by atoms with Crippen LogP contribution in [0, 0.1) is 6.92 Å². The Morgan fingerprint density at radius 3 is 2.86 bits per heavy atom. The molecule has 3 rings (SSSR count). The molecule has 0 saturated carbocycles. The van der Waals surface area contributed by atoms with Crippen molar-refractivity contribution in [3.63, 3.8) is 0 Å². The van der Waals surface area contributed by atoms with Crippen LogP contribution in [-0.4, -0.2) is 15.3 Å². The third-order valence-corrected chi connectivity index (χ3v) is 3.76. The van der Waals surface area contributed by atoms with Crippen molar-refractivity contribution in [2.24, 2.45) is 5.10 Å². The molecule has 0 radical (unpaired) electrons. The minimum atomic E-state index is 0.0274. The number of hydrogen-bond donors (Lipinski definition) is 1. The van der Waals surface area contributed by atoms with Crippen LogP contribution in [0.25, 0.3) is 0 Å². The van der Waals surface area contributed by atoms with E-state index in [9.17, 15) is 4.79 Å². The molecular formula is C16H18N4O. The van der Waals surface area contributed by atoms with Crippen molar-refractivity contribution in [1.29, 1.82) is 0 Å². The molecule has 2 aromatic rings. The van der Waals surface area contributed by atoms with Crippen molar-refractivity contribution in [3.05, 3.63) is 58.3 Å². The molecule has 0 bridgehead atoms. The van der Waals surface area contributed by atoms with Gasteiger partial charge in [0.2, 0.25) is 0 Å². The standard InChI is InChI=1S/C16H18N4O/c1-11-10-17-15-14(9-8-12(2)20(15)16(11)21)19-18-13-6-4-3-5-7-13/h3-7,10,12,18H,8-9H2,1-2H3/b19-14+. The summed E-state index contributed by atoms with van der Waals surface area (Å²) in [5.41, 5.74) is 5.48. The number of para-hydroxylation sites is 1. The van der Waals surface area contributed by atoms with Gasteiger partial charge in [0, 0.05) is 17.8 Å². The van der Waals surface area contributed by atoms with Crippen LogP contribution in [0.5, 0.6) is 0 Å². The maximum atomic E-state index is 12.3. The molecule has 0 spiro atoms. The van der Waals surface area contributed by atoms with Gasteiger partial charge in [0.05, 0.1) is 5.69 Å². The van der Waals surface area contributed by atoms with E-state index in [-0.39, 0.29) is 11.6 Å². The Hall–Kier alpha value is -2.43. The summed E-state index contributed by atoms with van der Waals surface area (Å²) in [6.07, 6.45) is 3.34. The van der Waals surface area contributed by atoms with Crippen LogP contribution in [0.15, 0.2) is 46.4 Å². The lowest BCUT2D eigenvalue weighted by Gasteiger charge is -2.25. The number of benzene rings is 1. The Labute approximate surface area is 123 Å². The van der Waals surface area contributed by atoms with E-state index in [1.165, 1.54) is 0 Å². The number of hydrazone groups is 1. The normalized spacial score (nSPS) is 19.3. The zero-order chi connectivity index (χ0) is 14.8. The molecule has 108 valence electrons. The lowest BCUT2D eigenvalue weighted by Crippen LogP contribution is -2.35. The second-order valence-electron chi connectivity index (χ2n) is 5.36. The van der Waals surface area contributed by atoms with Gasteiger partial charge in [-0.15, -0.1) is 0 Å². The van der Waals surface area contributed by atoms with Crippen molar-refractivity contribution in [2.75, 3.05) is 5.43 Å². The van der Waals surface area contributed by atoms with Gasteiger partial charge in [-0.2, -0.15) is 5.10 Å². The number of hydrogen-bond acceptors (Lipinski definition) is 4. The summed E-state index contributed by atoms with van der Waals surface area (Å²) in [6.45, 7) is 3.84. The smallest absolute Gasteiger partial charge is 0.256 e. The van der Waals surface area contributed by atoms with Gasteiger partial charge in [-0.1, -0.05) is 18.2 Å². The lowest BCUT2D eigenvalue weighted by atomic mass is 10.0. The van der Waals surface area contributed by atoms with E-state index in [1.807, 2.05) is 37.3 Å². The number of aromatic nitrogens is 2. The van der Waals surface area contributed by atoms with Crippen LogP contribution in [0.3, 0.4) is 0 Å². The van der Waals surface area contributed by atoms with Crippen molar-refractivity contribution in [2.45, 2.75) is 32.7 Å². The first-order chi connectivity index (χ1) is 10.2. The third-order valence-electron chi connectivity index (χ3n) is 3.76. The zero-order valence-electron chi connectivity index (χ0n) is 12.2. The number of nitrogens with one attached hydrogen (secondary N) is 1. The van der Waals surface area contributed by atoms with E-state index in [0.717, 1.165) is 24.2 Å². The molecule has 0 amide bonds. The summed E-state index contributed by atoms with van der Waals surface area (Å²) in [4.78, 5) is 16.7. The third kappa shape index (κ3) is 2.59. The Morgan fingerprint density at radius 1 is 1.33 bits per heavy atom. The van der Waals surface area contributed by atoms with Gasteiger partial charge < -0.3 is 0 Å². The number of rotatable bonds is 2. The molecule has 5 nitrogen and oxygen atoms in total. The second-order valence-corrected chi connectivity index (χ2v) is 5.36. The topological polar surface area (TPSA) is 59.3 Å². The first-order valence-corrected chi connectivity index (χ1v) is 7.13. The largest absolute Gasteiger partial charge is 0.289 e. The average Bonchev–Trinajstić information content (AvgIpc) is 2.51. The van der Waals surface area contributed by atoms with Crippen molar-refractivity contribution in [3.8, 4) is 0 Å². The number of aryl methyl sites for hydroxylation is 1. The fraction of sp³-hybridized carbons (Fsp3) is 0.312. The molecule has 0 aliphatic carbocycles. The van der Waals surface area contributed by atoms with Crippen LogP contribution in [-0.2, 0) is 0 Å². The van der Waals surface area contributed by atoms with Crippen LogP contribution in [0.1, 0.15) is 37.2 Å². The monoisotopic (exact) mass is 282 g/mol. The van der Waals surface area contributed by atoms with Gasteiger partial charge in [-0.3, -0.25) is 14.8 Å². The minimum Gasteiger partial charge on any atom is -0.289 e. The minimum absolute atomic E-state index is 0.0274. The highest BCUT2D eigenvalue weighted by atomic mass is 16.1. The summed E-state index contributed by atoms with van der Waals surface area (Å²) < 4.78 is 1.75. The predicted molar refractivity (Wildman–Crippen MR) is 83.8 cm³/mol. The maximum Gasteiger partial charge on any atom is 0.256 e. The number of nitrogens with zero attached hydrogens (tertiary/aromatic N) is 3. The van der Waals surface area contributed by atoms with E-state index >= 15 is 0 Å². The maximum absolute atomic E-state index is 12.3. The second kappa shape index (κ2) is 5.52. The molecule has 1 N–H and O–H groups in total. The molecule has 1 aliphatic heterocycles. The molecular weight excluding hydrogens is 264 g/mol. The SMILES string of the molecule is Cc1cnc2n(c1=O)C(C)CC/C2=N\Nc1ccccc1. The fourth-order valence-corrected chi connectivity index (χ4v) is 2.52. The first-order valence-electron chi connectivity index (χ1n) is 7.13. The van der Waals surface area contributed by atoms with Crippen molar-refractivity contribution in [1.82, 2.24) is 9.55 Å². The summed E-state index contributed by atoms with van der Waals surface area (Å²) in [7, 11) is 0. The number of fused-ring (bicyclic) bond motifs is 1. The average molecular weight is 282 g/mol. The Bertz CT molecular complexity index is 734. The van der Waals surface area contributed by atoms with E-state index in [2.05, 4.69) is 15.5 Å². The van der Waals surface area contributed by atoms with Gasteiger partial charge in [0.1, 0.15) is 5.71 Å². The molecule has 1 aliphatic rings. The van der Waals surface area contributed by atoms with Gasteiger partial charge in [-0.25, -0.2) is 4.98 Å². The first kappa shape index (κ1) is 13.5. The van der Waals surface area contributed by atoms with Crippen LogP contribution in [0.2, 0.25) is 0 Å². The van der Waals surface area contributed by atoms with Gasteiger partial charge >= 0.3 is 0 Å². The molecule has 0 fully saturated rings. The molecule has 0 saturated heterocycles. The van der Waals surface area contributed by atoms with Crippen LogP contribution < -0.4 is 11.0 Å². The fourth-order valence-electron chi connectivity index (χ4n) is 2.52. The van der Waals surface area contributed by atoms with Gasteiger partial charge in [0.15, 0.2) is 5.82 Å².